The lowest BCUT2D eigenvalue weighted by Crippen LogP contribution is -1.85. The van der Waals surface area contributed by atoms with Crippen LogP contribution in [0.2, 0.25) is 0 Å². The summed E-state index contributed by atoms with van der Waals surface area (Å²) < 4.78 is 4.93. The quantitative estimate of drug-likeness (QED) is 0.697. The zero-order chi connectivity index (χ0) is 8.27. The van der Waals surface area contributed by atoms with E-state index < -0.39 is 0 Å². The molecule has 0 fully saturated rings. The Morgan fingerprint density at radius 1 is 1.45 bits per heavy atom. The van der Waals surface area contributed by atoms with Gasteiger partial charge in [-0.25, -0.2) is 0 Å². The van der Waals surface area contributed by atoms with Gasteiger partial charge in [0, 0.05) is 13.0 Å². The largest absolute Gasteiger partial charge is 0.377 e. The molecule has 0 saturated heterocycles. The fourth-order valence-corrected chi connectivity index (χ4v) is 1.50. The molecule has 0 aliphatic rings. The van der Waals surface area contributed by atoms with Gasteiger partial charge in [0.15, 0.2) is 0 Å². The van der Waals surface area contributed by atoms with Gasteiger partial charge in [0.25, 0.3) is 0 Å². The molecule has 0 atom stereocenters. The van der Waals surface area contributed by atoms with Crippen molar-refractivity contribution in [2.75, 3.05) is 7.11 Å². The van der Waals surface area contributed by atoms with E-state index in [2.05, 4.69) is 24.0 Å². The third kappa shape index (κ3) is 2.24. The van der Waals surface area contributed by atoms with Crippen molar-refractivity contribution in [1.29, 1.82) is 0 Å². The van der Waals surface area contributed by atoms with Gasteiger partial charge in [-0.1, -0.05) is 25.2 Å². The molecule has 1 rings (SSSR count). The lowest BCUT2D eigenvalue weighted by atomic mass is 10.2. The third-order valence-electron chi connectivity index (χ3n) is 1.24. The van der Waals surface area contributed by atoms with Crippen LogP contribution in [0, 0.1) is 0 Å². The normalized spacial score (nSPS) is 10.9. The topological polar surface area (TPSA) is 35.0 Å². The van der Waals surface area contributed by atoms with Gasteiger partial charge in [-0.3, -0.25) is 0 Å². The van der Waals surface area contributed by atoms with Crippen LogP contribution in [0.4, 0.5) is 0 Å². The summed E-state index contributed by atoms with van der Waals surface area (Å²) in [6.07, 6.45) is 0. The maximum Gasteiger partial charge on any atom is 0.143 e. The molecule has 4 heteroatoms. The van der Waals surface area contributed by atoms with Crippen LogP contribution in [-0.4, -0.2) is 17.3 Å². The van der Waals surface area contributed by atoms with E-state index in [4.69, 9.17) is 4.74 Å². The Kier molecular flexibility index (Phi) is 2.96. The predicted molar refractivity (Wildman–Crippen MR) is 44.7 cm³/mol. The number of hydrogen-bond donors (Lipinski definition) is 0. The van der Waals surface area contributed by atoms with E-state index in [0.717, 1.165) is 10.0 Å². The summed E-state index contributed by atoms with van der Waals surface area (Å²) in [5.41, 5.74) is 0. The molecule has 0 bridgehead atoms. The molecule has 1 heterocycles. The molecule has 0 aliphatic carbocycles. The maximum absolute atomic E-state index is 4.93. The molecule has 1 aromatic heterocycles. The van der Waals surface area contributed by atoms with Gasteiger partial charge in [-0.2, -0.15) is 0 Å². The zero-order valence-electron chi connectivity index (χ0n) is 7.00. The van der Waals surface area contributed by atoms with E-state index >= 15 is 0 Å². The maximum atomic E-state index is 4.93. The van der Waals surface area contributed by atoms with E-state index in [-0.39, 0.29) is 0 Å². The summed E-state index contributed by atoms with van der Waals surface area (Å²) in [7, 11) is 1.66. The van der Waals surface area contributed by atoms with Crippen molar-refractivity contribution >= 4 is 11.3 Å². The molecule has 0 N–H and O–H groups in total. The average molecular weight is 172 g/mol. The van der Waals surface area contributed by atoms with E-state index in [9.17, 15) is 0 Å². The number of ether oxygens (including phenoxy) is 1. The van der Waals surface area contributed by atoms with Crippen molar-refractivity contribution in [2.24, 2.45) is 0 Å². The number of nitrogens with zero attached hydrogens (tertiary/aromatic N) is 2. The molecule has 0 unspecified atom stereocenters. The average Bonchev–Trinajstić information content (AvgIpc) is 2.37. The van der Waals surface area contributed by atoms with Crippen molar-refractivity contribution in [1.82, 2.24) is 10.2 Å². The van der Waals surface area contributed by atoms with Crippen molar-refractivity contribution in [3.05, 3.63) is 10.0 Å². The second-order valence-corrected chi connectivity index (χ2v) is 3.72. The Bertz CT molecular complexity index is 222. The van der Waals surface area contributed by atoms with Crippen LogP contribution in [0.3, 0.4) is 0 Å². The van der Waals surface area contributed by atoms with Crippen LogP contribution in [0.15, 0.2) is 0 Å². The lowest BCUT2D eigenvalue weighted by Gasteiger charge is -1.93. The van der Waals surface area contributed by atoms with Crippen molar-refractivity contribution in [2.45, 2.75) is 26.4 Å². The Balaban J connectivity index is 2.66. The first-order chi connectivity index (χ1) is 5.24. The first kappa shape index (κ1) is 8.62. The molecule has 0 spiro atoms. The number of hydrogen-bond acceptors (Lipinski definition) is 4. The van der Waals surface area contributed by atoms with Crippen LogP contribution >= 0.6 is 11.3 Å². The highest BCUT2D eigenvalue weighted by atomic mass is 32.1. The van der Waals surface area contributed by atoms with Gasteiger partial charge in [0.2, 0.25) is 0 Å². The molecular weight excluding hydrogens is 160 g/mol. The standard InChI is InChI=1S/C7H12N2OS/c1-5(2)7-9-8-6(11-7)4-10-3/h5H,4H2,1-3H3. The van der Waals surface area contributed by atoms with Crippen LogP contribution < -0.4 is 0 Å². The summed E-state index contributed by atoms with van der Waals surface area (Å²) >= 11 is 1.62. The van der Waals surface area contributed by atoms with Gasteiger partial charge in [-0.05, 0) is 0 Å². The van der Waals surface area contributed by atoms with E-state index in [1.807, 2.05) is 0 Å². The minimum absolute atomic E-state index is 0.470. The van der Waals surface area contributed by atoms with Gasteiger partial charge in [0.1, 0.15) is 10.0 Å². The fraction of sp³-hybridized carbons (Fsp3) is 0.714. The van der Waals surface area contributed by atoms with Crippen LogP contribution in [-0.2, 0) is 11.3 Å². The van der Waals surface area contributed by atoms with E-state index in [1.54, 1.807) is 18.4 Å². The smallest absolute Gasteiger partial charge is 0.143 e. The highest BCUT2D eigenvalue weighted by Gasteiger charge is 2.06. The van der Waals surface area contributed by atoms with E-state index in [0.29, 0.717) is 12.5 Å². The molecule has 11 heavy (non-hydrogen) atoms. The molecule has 0 saturated carbocycles. The van der Waals surface area contributed by atoms with Crippen molar-refractivity contribution in [3.8, 4) is 0 Å². The first-order valence-electron chi connectivity index (χ1n) is 3.55. The van der Waals surface area contributed by atoms with Gasteiger partial charge < -0.3 is 4.74 Å². The summed E-state index contributed by atoms with van der Waals surface area (Å²) in [4.78, 5) is 0. The second kappa shape index (κ2) is 3.78. The van der Waals surface area contributed by atoms with Crippen molar-refractivity contribution < 1.29 is 4.74 Å². The second-order valence-electron chi connectivity index (χ2n) is 2.62. The minimum Gasteiger partial charge on any atom is -0.377 e. The van der Waals surface area contributed by atoms with Crippen LogP contribution in [0.25, 0.3) is 0 Å². The lowest BCUT2D eigenvalue weighted by molar-refractivity contribution is 0.184. The first-order valence-corrected chi connectivity index (χ1v) is 4.37. The molecular formula is C7H12N2OS. The number of rotatable bonds is 3. The van der Waals surface area contributed by atoms with Gasteiger partial charge in [0.05, 0.1) is 6.61 Å². The molecule has 0 aromatic carbocycles. The molecule has 1 aromatic rings. The summed E-state index contributed by atoms with van der Waals surface area (Å²) in [6.45, 7) is 4.79. The fourth-order valence-electron chi connectivity index (χ4n) is 0.682. The predicted octanol–water partition coefficient (Wildman–Crippen LogP) is 1.81. The zero-order valence-corrected chi connectivity index (χ0v) is 7.81. The highest BCUT2D eigenvalue weighted by Crippen LogP contribution is 2.18. The summed E-state index contributed by atoms with van der Waals surface area (Å²) in [5.74, 6) is 0.470. The monoisotopic (exact) mass is 172 g/mol. The van der Waals surface area contributed by atoms with E-state index in [1.165, 1.54) is 0 Å². The van der Waals surface area contributed by atoms with Crippen LogP contribution in [0.1, 0.15) is 29.8 Å². The highest BCUT2D eigenvalue weighted by molar-refractivity contribution is 7.11. The van der Waals surface area contributed by atoms with Crippen LogP contribution in [0.5, 0.6) is 0 Å². The molecule has 3 nitrogen and oxygen atoms in total. The summed E-state index contributed by atoms with van der Waals surface area (Å²) in [6, 6.07) is 0. The molecule has 0 amide bonds. The number of methoxy groups -OCH3 is 1. The Morgan fingerprint density at radius 3 is 2.64 bits per heavy atom. The van der Waals surface area contributed by atoms with Gasteiger partial charge >= 0.3 is 0 Å². The van der Waals surface area contributed by atoms with Crippen molar-refractivity contribution in [3.63, 3.8) is 0 Å². The molecule has 0 radical (unpaired) electrons. The third-order valence-corrected chi connectivity index (χ3v) is 2.44. The van der Waals surface area contributed by atoms with Gasteiger partial charge in [-0.15, -0.1) is 10.2 Å². The molecule has 62 valence electrons. The molecule has 0 aliphatic heterocycles. The number of aromatic nitrogens is 2. The Hall–Kier alpha value is -0.480. The summed E-state index contributed by atoms with van der Waals surface area (Å²) in [5, 5.41) is 10.0. The Morgan fingerprint density at radius 2 is 2.18 bits per heavy atom. The SMILES string of the molecule is COCc1nnc(C(C)C)s1. The Labute approximate surface area is 70.4 Å². The minimum atomic E-state index is 0.470.